The van der Waals surface area contributed by atoms with Gasteiger partial charge < -0.3 is 15.1 Å². The van der Waals surface area contributed by atoms with E-state index in [-0.39, 0.29) is 0 Å². The molecule has 0 bridgehead atoms. The van der Waals surface area contributed by atoms with Crippen molar-refractivity contribution in [1.29, 1.82) is 0 Å². The highest BCUT2D eigenvalue weighted by molar-refractivity contribution is 6.28. The van der Waals surface area contributed by atoms with E-state index in [1.807, 2.05) is 6.07 Å². The van der Waals surface area contributed by atoms with Crippen LogP contribution in [0.25, 0.3) is 0 Å². The summed E-state index contributed by atoms with van der Waals surface area (Å²) < 4.78 is 5.25. The Morgan fingerprint density at radius 2 is 2.33 bits per heavy atom. The van der Waals surface area contributed by atoms with Crippen molar-refractivity contribution >= 4 is 11.6 Å². The number of halogens is 1. The molecular formula is C11H17ClN2O. The molecule has 15 heavy (non-hydrogen) atoms. The molecule has 0 spiro atoms. The van der Waals surface area contributed by atoms with Crippen LogP contribution in [0.4, 0.5) is 0 Å². The molecule has 0 aromatic carbocycles. The van der Waals surface area contributed by atoms with Crippen LogP contribution >= 0.6 is 11.6 Å². The van der Waals surface area contributed by atoms with Crippen molar-refractivity contribution in [2.45, 2.75) is 38.4 Å². The predicted octanol–water partition coefficient (Wildman–Crippen LogP) is 2.16. The van der Waals surface area contributed by atoms with Crippen molar-refractivity contribution in [3.8, 4) is 0 Å². The van der Waals surface area contributed by atoms with Crippen molar-refractivity contribution < 1.29 is 4.42 Å². The van der Waals surface area contributed by atoms with Gasteiger partial charge in [-0.25, -0.2) is 0 Å². The number of rotatable bonds is 6. The number of furan rings is 1. The highest BCUT2D eigenvalue weighted by Gasteiger charge is 2.20. The Morgan fingerprint density at radius 3 is 2.93 bits per heavy atom. The predicted molar refractivity (Wildman–Crippen MR) is 61.0 cm³/mol. The number of hydrogen-bond donors (Lipinski definition) is 2. The van der Waals surface area contributed by atoms with E-state index in [2.05, 4.69) is 17.6 Å². The summed E-state index contributed by atoms with van der Waals surface area (Å²) >= 11 is 5.68. The monoisotopic (exact) mass is 228 g/mol. The van der Waals surface area contributed by atoms with Gasteiger partial charge in [-0.15, -0.1) is 0 Å². The fourth-order valence-corrected chi connectivity index (χ4v) is 1.59. The first-order valence-electron chi connectivity index (χ1n) is 5.45. The molecule has 2 N–H and O–H groups in total. The standard InChI is InChI=1S/C11H17ClN2O/c1-8(6-14-9-2-3-9)13-7-10-4-5-11(12)15-10/h4-5,8-9,13-14H,2-3,6-7H2,1H3. The molecule has 2 rings (SSSR count). The Morgan fingerprint density at radius 1 is 1.53 bits per heavy atom. The van der Waals surface area contributed by atoms with E-state index >= 15 is 0 Å². The first kappa shape index (κ1) is 11.0. The molecule has 1 unspecified atom stereocenters. The molecule has 1 aromatic rings. The topological polar surface area (TPSA) is 37.2 Å². The molecule has 1 aliphatic carbocycles. The normalized spacial score (nSPS) is 18.0. The summed E-state index contributed by atoms with van der Waals surface area (Å²) in [6, 6.07) is 4.89. The molecule has 1 aromatic heterocycles. The second-order valence-electron chi connectivity index (χ2n) is 4.17. The van der Waals surface area contributed by atoms with Gasteiger partial charge in [-0.2, -0.15) is 0 Å². The molecule has 4 heteroatoms. The Bertz CT molecular complexity index is 309. The minimum atomic E-state index is 0.453. The van der Waals surface area contributed by atoms with Crippen LogP contribution in [0.2, 0.25) is 5.22 Å². The molecule has 1 atom stereocenters. The van der Waals surface area contributed by atoms with Crippen molar-refractivity contribution in [3.05, 3.63) is 23.1 Å². The van der Waals surface area contributed by atoms with Gasteiger partial charge >= 0.3 is 0 Å². The zero-order valence-corrected chi connectivity index (χ0v) is 9.68. The maximum Gasteiger partial charge on any atom is 0.193 e. The summed E-state index contributed by atoms with van der Waals surface area (Å²) in [5.41, 5.74) is 0. The Kier molecular flexibility index (Phi) is 3.67. The number of hydrogen-bond acceptors (Lipinski definition) is 3. The Labute approximate surface area is 95.2 Å². The van der Waals surface area contributed by atoms with Gasteiger partial charge in [-0.05, 0) is 43.5 Å². The van der Waals surface area contributed by atoms with Crippen molar-refractivity contribution in [3.63, 3.8) is 0 Å². The molecule has 1 fully saturated rings. The quantitative estimate of drug-likeness (QED) is 0.784. The van der Waals surface area contributed by atoms with Crippen molar-refractivity contribution in [2.24, 2.45) is 0 Å². The first-order chi connectivity index (χ1) is 7.24. The van der Waals surface area contributed by atoms with E-state index in [1.54, 1.807) is 6.07 Å². The third-order valence-corrected chi connectivity index (χ3v) is 2.75. The van der Waals surface area contributed by atoms with Crippen LogP contribution in [0.3, 0.4) is 0 Å². The molecule has 84 valence electrons. The third-order valence-electron chi connectivity index (χ3n) is 2.54. The summed E-state index contributed by atoms with van der Waals surface area (Å²) in [4.78, 5) is 0. The first-order valence-corrected chi connectivity index (χ1v) is 5.83. The SMILES string of the molecule is CC(CNC1CC1)NCc1ccc(Cl)o1. The molecule has 1 saturated carbocycles. The lowest BCUT2D eigenvalue weighted by atomic mass is 10.3. The molecule has 0 saturated heterocycles. The summed E-state index contributed by atoms with van der Waals surface area (Å²) in [5.74, 6) is 0.887. The smallest absolute Gasteiger partial charge is 0.193 e. The van der Waals surface area contributed by atoms with Crippen LogP contribution in [-0.2, 0) is 6.54 Å². The highest BCUT2D eigenvalue weighted by atomic mass is 35.5. The maximum absolute atomic E-state index is 5.68. The summed E-state index contributed by atoms with van der Waals surface area (Å²) in [7, 11) is 0. The molecule has 0 radical (unpaired) electrons. The van der Waals surface area contributed by atoms with Crippen LogP contribution in [0.1, 0.15) is 25.5 Å². The lowest BCUT2D eigenvalue weighted by Crippen LogP contribution is -2.36. The van der Waals surface area contributed by atoms with E-state index in [0.717, 1.165) is 24.9 Å². The Balaban J connectivity index is 1.63. The second kappa shape index (κ2) is 5.01. The van der Waals surface area contributed by atoms with Crippen molar-refractivity contribution in [2.75, 3.05) is 6.54 Å². The summed E-state index contributed by atoms with van der Waals surface area (Å²) in [6.07, 6.45) is 2.67. The van der Waals surface area contributed by atoms with E-state index in [0.29, 0.717) is 11.3 Å². The van der Waals surface area contributed by atoms with Crippen LogP contribution in [-0.4, -0.2) is 18.6 Å². The summed E-state index contributed by atoms with van der Waals surface area (Å²) in [6.45, 7) is 3.92. The molecule has 1 heterocycles. The highest BCUT2D eigenvalue weighted by Crippen LogP contribution is 2.18. The largest absolute Gasteiger partial charge is 0.448 e. The molecular weight excluding hydrogens is 212 g/mol. The van der Waals surface area contributed by atoms with Crippen LogP contribution in [0, 0.1) is 0 Å². The van der Waals surface area contributed by atoms with Crippen LogP contribution in [0.15, 0.2) is 16.5 Å². The summed E-state index contributed by atoms with van der Waals surface area (Å²) in [5, 5.41) is 7.31. The van der Waals surface area contributed by atoms with Crippen LogP contribution < -0.4 is 10.6 Å². The maximum atomic E-state index is 5.68. The fourth-order valence-electron chi connectivity index (χ4n) is 1.42. The van der Waals surface area contributed by atoms with E-state index in [4.69, 9.17) is 16.0 Å². The van der Waals surface area contributed by atoms with Gasteiger partial charge in [0.1, 0.15) is 5.76 Å². The minimum absolute atomic E-state index is 0.453. The zero-order chi connectivity index (χ0) is 10.7. The molecule has 0 aliphatic heterocycles. The van der Waals surface area contributed by atoms with Gasteiger partial charge in [0.25, 0.3) is 0 Å². The van der Waals surface area contributed by atoms with E-state index < -0.39 is 0 Å². The van der Waals surface area contributed by atoms with Crippen molar-refractivity contribution in [1.82, 2.24) is 10.6 Å². The molecule has 0 amide bonds. The van der Waals surface area contributed by atoms with Gasteiger partial charge in [-0.3, -0.25) is 0 Å². The zero-order valence-electron chi connectivity index (χ0n) is 8.92. The van der Waals surface area contributed by atoms with Gasteiger partial charge in [0.2, 0.25) is 0 Å². The second-order valence-corrected chi connectivity index (χ2v) is 4.54. The van der Waals surface area contributed by atoms with Gasteiger partial charge in [0, 0.05) is 18.6 Å². The van der Waals surface area contributed by atoms with E-state index in [1.165, 1.54) is 12.8 Å². The third kappa shape index (κ3) is 3.86. The fraction of sp³-hybridized carbons (Fsp3) is 0.636. The molecule has 1 aliphatic rings. The van der Waals surface area contributed by atoms with Gasteiger partial charge in [-0.1, -0.05) is 0 Å². The average Bonchev–Trinajstić information content (AvgIpc) is 2.95. The minimum Gasteiger partial charge on any atom is -0.448 e. The van der Waals surface area contributed by atoms with Gasteiger partial charge in [0.05, 0.1) is 6.54 Å². The van der Waals surface area contributed by atoms with Gasteiger partial charge in [0.15, 0.2) is 5.22 Å². The number of nitrogens with one attached hydrogen (secondary N) is 2. The Hall–Kier alpha value is -0.510. The molecule has 3 nitrogen and oxygen atoms in total. The average molecular weight is 229 g/mol. The van der Waals surface area contributed by atoms with Crippen LogP contribution in [0.5, 0.6) is 0 Å². The lowest BCUT2D eigenvalue weighted by Gasteiger charge is -2.13. The van der Waals surface area contributed by atoms with E-state index in [9.17, 15) is 0 Å². The lowest BCUT2D eigenvalue weighted by molar-refractivity contribution is 0.442.